The van der Waals surface area contributed by atoms with Crippen LogP contribution in [0.25, 0.3) is 0 Å². The third-order valence-electron chi connectivity index (χ3n) is 5.30. The van der Waals surface area contributed by atoms with Crippen molar-refractivity contribution in [3.63, 3.8) is 0 Å². The summed E-state index contributed by atoms with van der Waals surface area (Å²) in [6.45, 7) is 2.19. The molecule has 0 N–H and O–H groups in total. The summed E-state index contributed by atoms with van der Waals surface area (Å²) in [5.74, 6) is 1.14. The van der Waals surface area contributed by atoms with Crippen LogP contribution in [0.1, 0.15) is 50.9 Å². The Balaban J connectivity index is 0.00000210. The first-order valence-electron chi connectivity index (χ1n) is 8.59. The maximum Gasteiger partial charge on any atom is 1.00 e. The van der Waals surface area contributed by atoms with Crippen LogP contribution in [0.15, 0.2) is 4.42 Å². The maximum atomic E-state index is 12.4. The van der Waals surface area contributed by atoms with Gasteiger partial charge in [0.1, 0.15) is 6.04 Å². The first-order valence-corrected chi connectivity index (χ1v) is 9.92. The lowest BCUT2D eigenvalue weighted by molar-refractivity contribution is -0.0328. The molecule has 2 amide bonds. The maximum absolute atomic E-state index is 12.4. The molecule has 0 aliphatic carbocycles. The average molecular weight is 387 g/mol. The highest BCUT2D eigenvalue weighted by atomic mass is 32.3. The van der Waals surface area contributed by atoms with E-state index < -0.39 is 28.5 Å². The summed E-state index contributed by atoms with van der Waals surface area (Å²) in [7, 11) is -2.93. The van der Waals surface area contributed by atoms with Gasteiger partial charge in [-0.2, -0.15) is 9.35 Å². The normalized spacial score (nSPS) is 28.2. The highest BCUT2D eigenvalue weighted by molar-refractivity contribution is 7.80. The van der Waals surface area contributed by atoms with E-state index in [1.165, 1.54) is 4.90 Å². The Bertz CT molecular complexity index is 796. The summed E-state index contributed by atoms with van der Waals surface area (Å²) in [5, 5.41) is 8.93. The van der Waals surface area contributed by atoms with Crippen LogP contribution in [-0.4, -0.2) is 76.8 Å². The van der Waals surface area contributed by atoms with Gasteiger partial charge in [-0.3, -0.25) is 0 Å². The molecule has 3 fully saturated rings. The molecule has 26 heavy (non-hydrogen) atoms. The molecular weight excluding hydrogens is 366 g/mol. The van der Waals surface area contributed by atoms with Crippen LogP contribution in [0.3, 0.4) is 0 Å². The largest absolute Gasteiger partial charge is 1.00 e. The molecule has 3 aliphatic rings. The summed E-state index contributed by atoms with van der Waals surface area (Å²) in [6.07, 6.45) is 2.89. The molecule has 1 aromatic rings. The predicted molar refractivity (Wildman–Crippen MR) is 85.4 cm³/mol. The highest BCUT2D eigenvalue weighted by Crippen LogP contribution is 2.39. The van der Waals surface area contributed by atoms with E-state index in [0.29, 0.717) is 29.7 Å². The molecule has 0 spiro atoms. The Labute approximate surface area is 152 Å². The van der Waals surface area contributed by atoms with E-state index in [1.54, 1.807) is 0 Å². The minimum Gasteiger partial charge on any atom is -0.724 e. The van der Waals surface area contributed by atoms with Crippen molar-refractivity contribution in [2.45, 2.75) is 43.7 Å². The summed E-state index contributed by atoms with van der Waals surface area (Å²) in [5.41, 5.74) is 0. The fourth-order valence-corrected chi connectivity index (χ4v) is 4.27. The summed E-state index contributed by atoms with van der Waals surface area (Å²) < 4.78 is 42.7. The van der Waals surface area contributed by atoms with E-state index in [9.17, 15) is 17.8 Å². The van der Waals surface area contributed by atoms with E-state index >= 15 is 0 Å². The van der Waals surface area contributed by atoms with E-state index in [1.807, 2.05) is 0 Å². The van der Waals surface area contributed by atoms with Crippen molar-refractivity contribution in [2.75, 3.05) is 26.7 Å². The zero-order chi connectivity index (χ0) is 18.5. The molecule has 0 radical (unpaired) electrons. The predicted octanol–water partition coefficient (Wildman–Crippen LogP) is 0.324. The van der Waals surface area contributed by atoms with Gasteiger partial charge in [0.2, 0.25) is 22.2 Å². The molecular formula is C14H21N5O6S. The fraction of sp³-hybridized carbons (Fsp3) is 0.786. The lowest BCUT2D eigenvalue weighted by atomic mass is 9.97. The van der Waals surface area contributed by atoms with Crippen LogP contribution in [-0.2, 0) is 14.7 Å². The van der Waals surface area contributed by atoms with Crippen molar-refractivity contribution in [1.29, 1.82) is 0 Å². The quantitative estimate of drug-likeness (QED) is 0.529. The number of carbonyl (C=O) groups is 1. The molecule has 11 nitrogen and oxygen atoms in total. The highest BCUT2D eigenvalue weighted by Gasteiger charge is 2.48. The number of carbonyl (C=O) groups excluding carboxylic acids is 1. The van der Waals surface area contributed by atoms with Gasteiger partial charge in [0.05, 0.1) is 6.04 Å². The number of hydrogen-bond acceptors (Lipinski definition) is 9. The third kappa shape index (κ3) is 3.29. The van der Waals surface area contributed by atoms with Crippen molar-refractivity contribution in [3.8, 4) is 0 Å². The smallest absolute Gasteiger partial charge is 0.724 e. The van der Waals surface area contributed by atoms with E-state index in [0.717, 1.165) is 25.9 Å². The van der Waals surface area contributed by atoms with Crippen LogP contribution >= 0.6 is 0 Å². The second-order valence-electron chi connectivity index (χ2n) is 7.05. The van der Waals surface area contributed by atoms with Gasteiger partial charge >= 0.3 is 7.46 Å². The molecule has 2 bridgehead atoms. The molecule has 0 aromatic carbocycles. The number of hydroxylamine groups is 2. The number of piperidine rings is 2. The fourth-order valence-electron chi connectivity index (χ4n) is 3.89. The first-order chi connectivity index (χ1) is 12.3. The van der Waals surface area contributed by atoms with Crippen molar-refractivity contribution in [1.82, 2.24) is 25.1 Å². The van der Waals surface area contributed by atoms with Crippen molar-refractivity contribution in [3.05, 3.63) is 11.8 Å². The third-order valence-corrected chi connectivity index (χ3v) is 5.65. The molecule has 3 saturated heterocycles. The number of hydrogen-bond donors (Lipinski definition) is 0. The minimum absolute atomic E-state index is 0. The van der Waals surface area contributed by atoms with Crippen molar-refractivity contribution < 1.29 is 27.9 Å². The Morgan fingerprint density at radius 1 is 1.19 bits per heavy atom. The van der Waals surface area contributed by atoms with Crippen LogP contribution in [0.4, 0.5) is 4.79 Å². The zero-order valence-electron chi connectivity index (χ0n) is 15.3. The van der Waals surface area contributed by atoms with E-state index in [2.05, 4.69) is 26.4 Å². The summed E-state index contributed by atoms with van der Waals surface area (Å²) >= 11 is 0. The summed E-state index contributed by atoms with van der Waals surface area (Å²) in [6, 6.07) is -1.58. The van der Waals surface area contributed by atoms with Gasteiger partial charge in [0, 0.05) is 12.5 Å². The Morgan fingerprint density at radius 2 is 1.88 bits per heavy atom. The summed E-state index contributed by atoms with van der Waals surface area (Å²) in [4.78, 5) is 16.1. The van der Waals surface area contributed by atoms with Gasteiger partial charge in [-0.05, 0) is 45.8 Å². The second kappa shape index (κ2) is 6.44. The number of aromatic nitrogens is 2. The van der Waals surface area contributed by atoms with Gasteiger partial charge in [-0.25, -0.2) is 13.2 Å². The number of rotatable bonds is 4. The Morgan fingerprint density at radius 3 is 2.58 bits per heavy atom. The number of nitrogens with zero attached hydrogens (tertiary/aromatic N) is 5. The molecule has 4 heterocycles. The van der Waals surface area contributed by atoms with Crippen molar-refractivity contribution in [2.24, 2.45) is 0 Å². The molecule has 1 aromatic heterocycles. The standard InChI is InChI=1S/C14H21N5O6S/c1-17-6-4-9(5-7-17)12-15-16-13(24-12)11-3-2-10-8-18(11)14(20)19(10)25-26(21,22)23/h9-11H,2-8H2,1H3,(H,21,22,23)/t10-,11+/m1/s1. The van der Waals surface area contributed by atoms with Gasteiger partial charge in [-0.1, -0.05) is 0 Å². The van der Waals surface area contributed by atoms with E-state index in [4.69, 9.17) is 4.42 Å². The topological polar surface area (TPSA) is 132 Å². The number of fused-ring (bicyclic) bond motifs is 2. The molecule has 2 atom stereocenters. The lowest BCUT2D eigenvalue weighted by Crippen LogP contribution is -2.35. The van der Waals surface area contributed by atoms with Gasteiger partial charge in [0.15, 0.2) is 0 Å². The van der Waals surface area contributed by atoms with Gasteiger partial charge in [0.25, 0.3) is 0 Å². The number of likely N-dealkylation sites (tertiary alicyclic amines) is 1. The first kappa shape index (κ1) is 17.6. The van der Waals surface area contributed by atoms with Crippen molar-refractivity contribution >= 4 is 16.4 Å². The monoisotopic (exact) mass is 387 g/mol. The van der Waals surface area contributed by atoms with Gasteiger partial charge in [-0.15, -0.1) is 10.2 Å². The lowest BCUT2D eigenvalue weighted by Gasteiger charge is -2.28. The van der Waals surface area contributed by atoms with Gasteiger partial charge < -0.3 is 18.8 Å². The Kier molecular flexibility index (Phi) is 4.37. The molecule has 3 aliphatic heterocycles. The average Bonchev–Trinajstić information content (AvgIpc) is 3.15. The molecule has 12 heteroatoms. The molecule has 144 valence electrons. The van der Waals surface area contributed by atoms with Crippen LogP contribution in [0, 0.1) is 0 Å². The number of urea groups is 1. The van der Waals surface area contributed by atoms with E-state index in [-0.39, 0.29) is 13.9 Å². The molecule has 0 unspecified atom stereocenters. The second-order valence-corrected chi connectivity index (χ2v) is 8.01. The SMILES string of the molecule is CN1CCC(c2nnc([C@@H]3CC[C@@H]4CN3C(=O)N4OS(=O)(=O)[O-])o2)CC1.[H+]. The Hall–Kier alpha value is -1.76. The van der Waals surface area contributed by atoms with Crippen LogP contribution in [0.2, 0.25) is 0 Å². The van der Waals surface area contributed by atoms with Crippen LogP contribution in [0.5, 0.6) is 0 Å². The van der Waals surface area contributed by atoms with Crippen LogP contribution < -0.4 is 0 Å². The number of amides is 2. The molecule has 4 rings (SSSR count). The molecule has 0 saturated carbocycles. The zero-order valence-corrected chi connectivity index (χ0v) is 15.1. The minimum atomic E-state index is -5.00.